The van der Waals surface area contributed by atoms with Crippen LogP contribution in [-0.4, -0.2) is 42.9 Å². The molecule has 6 heteroatoms. The molecule has 1 aliphatic heterocycles. The first-order chi connectivity index (χ1) is 9.75. The molecule has 0 spiro atoms. The van der Waals surface area contributed by atoms with Crippen LogP contribution in [0.5, 0.6) is 0 Å². The lowest BCUT2D eigenvalue weighted by Gasteiger charge is -2.23. The molecule has 0 unspecified atom stereocenters. The van der Waals surface area contributed by atoms with Gasteiger partial charge in [0, 0.05) is 32.6 Å². The number of nitrogens with zero attached hydrogens (tertiary/aromatic N) is 2. The number of carbonyl (C=O) groups is 1. The van der Waals surface area contributed by atoms with Gasteiger partial charge in [0.05, 0.1) is 0 Å². The van der Waals surface area contributed by atoms with Crippen LogP contribution in [-0.2, 0) is 4.79 Å². The maximum absolute atomic E-state index is 11.8. The van der Waals surface area contributed by atoms with Gasteiger partial charge in [-0.3, -0.25) is 9.79 Å². The van der Waals surface area contributed by atoms with Crippen LogP contribution in [0.3, 0.4) is 0 Å². The Hall–Kier alpha value is -0.530. The largest absolute Gasteiger partial charge is 0.370 e. The molecule has 0 radical (unpaired) electrons. The first-order valence-electron chi connectivity index (χ1n) is 8.07. The molecule has 1 aliphatic carbocycles. The molecule has 0 bridgehead atoms. The van der Waals surface area contributed by atoms with E-state index < -0.39 is 0 Å². The van der Waals surface area contributed by atoms with Gasteiger partial charge in [-0.15, -0.1) is 24.0 Å². The Morgan fingerprint density at radius 2 is 2.10 bits per heavy atom. The minimum atomic E-state index is 0. The second-order valence-corrected chi connectivity index (χ2v) is 5.99. The highest BCUT2D eigenvalue weighted by atomic mass is 127. The van der Waals surface area contributed by atoms with E-state index in [2.05, 4.69) is 10.3 Å². The first kappa shape index (κ1) is 18.5. The molecule has 1 heterocycles. The van der Waals surface area contributed by atoms with E-state index in [1.165, 1.54) is 25.7 Å². The average Bonchev–Trinajstić information content (AvgIpc) is 2.58. The number of rotatable bonds is 6. The molecule has 1 amide bonds. The summed E-state index contributed by atoms with van der Waals surface area (Å²) in [6.07, 6.45) is 8.97. The van der Waals surface area contributed by atoms with E-state index >= 15 is 0 Å². The van der Waals surface area contributed by atoms with E-state index in [4.69, 9.17) is 5.73 Å². The van der Waals surface area contributed by atoms with Crippen molar-refractivity contribution in [3.8, 4) is 0 Å². The quantitative estimate of drug-likeness (QED) is 0.306. The number of hydrogen-bond acceptors (Lipinski definition) is 2. The number of amides is 1. The van der Waals surface area contributed by atoms with Crippen LogP contribution < -0.4 is 11.1 Å². The van der Waals surface area contributed by atoms with E-state index in [0.29, 0.717) is 11.9 Å². The van der Waals surface area contributed by atoms with E-state index in [-0.39, 0.29) is 24.0 Å². The van der Waals surface area contributed by atoms with Crippen LogP contribution in [0.25, 0.3) is 0 Å². The topological polar surface area (TPSA) is 70.7 Å². The molecule has 1 saturated heterocycles. The molecule has 5 nitrogen and oxygen atoms in total. The van der Waals surface area contributed by atoms with Crippen molar-refractivity contribution in [1.82, 2.24) is 10.2 Å². The van der Waals surface area contributed by atoms with Gasteiger partial charge in [0.15, 0.2) is 5.96 Å². The maximum atomic E-state index is 11.8. The summed E-state index contributed by atoms with van der Waals surface area (Å²) in [7, 11) is 0. The van der Waals surface area contributed by atoms with Gasteiger partial charge in [-0.2, -0.15) is 0 Å². The zero-order chi connectivity index (χ0) is 14.2. The second kappa shape index (κ2) is 10.2. The summed E-state index contributed by atoms with van der Waals surface area (Å²) in [5.41, 5.74) is 5.83. The summed E-state index contributed by atoms with van der Waals surface area (Å²) in [6.45, 7) is 3.42. The molecule has 2 aliphatic rings. The lowest BCUT2D eigenvalue weighted by Crippen LogP contribution is -2.36. The summed E-state index contributed by atoms with van der Waals surface area (Å²) in [6, 6.07) is 0. The molecule has 0 aromatic rings. The van der Waals surface area contributed by atoms with Crippen molar-refractivity contribution in [3.63, 3.8) is 0 Å². The summed E-state index contributed by atoms with van der Waals surface area (Å²) in [4.78, 5) is 18.2. The Kier molecular flexibility index (Phi) is 9.03. The van der Waals surface area contributed by atoms with Gasteiger partial charge in [0.2, 0.25) is 5.91 Å². The minimum Gasteiger partial charge on any atom is -0.370 e. The van der Waals surface area contributed by atoms with Gasteiger partial charge < -0.3 is 16.0 Å². The number of likely N-dealkylation sites (tertiary alicyclic amines) is 1. The Morgan fingerprint density at radius 3 is 2.81 bits per heavy atom. The Bertz CT molecular complexity index is 345. The van der Waals surface area contributed by atoms with Crippen molar-refractivity contribution in [3.05, 3.63) is 0 Å². The third kappa shape index (κ3) is 6.84. The van der Waals surface area contributed by atoms with Gasteiger partial charge in [0.25, 0.3) is 0 Å². The molecular formula is C15H29IN4O. The molecule has 0 aromatic heterocycles. The van der Waals surface area contributed by atoms with Gasteiger partial charge in [-0.1, -0.05) is 12.8 Å². The lowest BCUT2D eigenvalue weighted by molar-refractivity contribution is -0.130. The molecule has 21 heavy (non-hydrogen) atoms. The molecule has 0 atom stereocenters. The summed E-state index contributed by atoms with van der Waals surface area (Å²) < 4.78 is 0. The third-order valence-corrected chi connectivity index (χ3v) is 4.33. The van der Waals surface area contributed by atoms with E-state index in [1.807, 2.05) is 4.90 Å². The van der Waals surface area contributed by atoms with Crippen molar-refractivity contribution >= 4 is 35.8 Å². The summed E-state index contributed by atoms with van der Waals surface area (Å²) in [5, 5.41) is 3.15. The molecule has 1 saturated carbocycles. The predicted octanol–water partition coefficient (Wildman–Crippen LogP) is 2.10. The molecular weight excluding hydrogens is 379 g/mol. The fourth-order valence-electron chi connectivity index (χ4n) is 2.72. The highest BCUT2D eigenvalue weighted by Crippen LogP contribution is 2.26. The third-order valence-electron chi connectivity index (χ3n) is 4.33. The number of halogens is 1. The van der Waals surface area contributed by atoms with Crippen molar-refractivity contribution in [2.45, 2.75) is 51.4 Å². The number of carbonyl (C=O) groups excluding carboxylic acids is 1. The first-order valence-corrected chi connectivity index (χ1v) is 8.07. The van der Waals surface area contributed by atoms with Crippen molar-refractivity contribution in [1.29, 1.82) is 0 Å². The number of guanidine groups is 1. The monoisotopic (exact) mass is 408 g/mol. The smallest absolute Gasteiger partial charge is 0.222 e. The molecule has 3 N–H and O–H groups in total. The SMILES string of the molecule is I.NC(=NCC1CCC1)NCCCN1CCCCCC1=O. The van der Waals surface area contributed by atoms with Crippen LogP contribution in [0, 0.1) is 5.92 Å². The van der Waals surface area contributed by atoms with Crippen molar-refractivity contribution in [2.75, 3.05) is 26.2 Å². The Balaban J connectivity index is 0.00000220. The minimum absolute atomic E-state index is 0. The molecule has 122 valence electrons. The number of nitrogens with one attached hydrogen (secondary N) is 1. The van der Waals surface area contributed by atoms with Crippen LogP contribution in [0.4, 0.5) is 0 Å². The van der Waals surface area contributed by atoms with Crippen molar-refractivity contribution < 1.29 is 4.79 Å². The standard InChI is InChI=1S/C15H28N4O.HI/c16-15(18-12-13-6-4-7-13)17-9-5-11-19-10-3-1-2-8-14(19)20;/h13H,1-12H2,(H3,16,17,18);1H. The van der Waals surface area contributed by atoms with Crippen LogP contribution >= 0.6 is 24.0 Å². The molecule has 2 rings (SSSR count). The number of aliphatic imine (C=N–C) groups is 1. The van der Waals surface area contributed by atoms with Gasteiger partial charge >= 0.3 is 0 Å². The van der Waals surface area contributed by atoms with E-state index in [9.17, 15) is 4.79 Å². The fourth-order valence-corrected chi connectivity index (χ4v) is 2.72. The Morgan fingerprint density at radius 1 is 1.29 bits per heavy atom. The van der Waals surface area contributed by atoms with E-state index in [0.717, 1.165) is 57.8 Å². The fraction of sp³-hybridized carbons (Fsp3) is 0.867. The van der Waals surface area contributed by atoms with Crippen LogP contribution in [0.2, 0.25) is 0 Å². The van der Waals surface area contributed by atoms with E-state index in [1.54, 1.807) is 0 Å². The summed E-state index contributed by atoms with van der Waals surface area (Å²) in [5.74, 6) is 1.62. The maximum Gasteiger partial charge on any atom is 0.222 e. The van der Waals surface area contributed by atoms with Gasteiger partial charge in [-0.05, 0) is 38.0 Å². The predicted molar refractivity (Wildman–Crippen MR) is 96.9 cm³/mol. The van der Waals surface area contributed by atoms with Gasteiger partial charge in [-0.25, -0.2) is 0 Å². The summed E-state index contributed by atoms with van der Waals surface area (Å²) >= 11 is 0. The highest BCUT2D eigenvalue weighted by Gasteiger charge is 2.17. The van der Waals surface area contributed by atoms with Crippen LogP contribution in [0.15, 0.2) is 4.99 Å². The second-order valence-electron chi connectivity index (χ2n) is 5.99. The van der Waals surface area contributed by atoms with Crippen LogP contribution in [0.1, 0.15) is 51.4 Å². The highest BCUT2D eigenvalue weighted by molar-refractivity contribution is 14.0. The normalized spacial score (nSPS) is 20.5. The number of nitrogens with two attached hydrogens (primary N) is 1. The molecule has 0 aromatic carbocycles. The van der Waals surface area contributed by atoms with Gasteiger partial charge in [0.1, 0.15) is 0 Å². The zero-order valence-electron chi connectivity index (χ0n) is 12.9. The molecule has 2 fully saturated rings. The zero-order valence-corrected chi connectivity index (χ0v) is 15.2. The lowest BCUT2D eigenvalue weighted by atomic mass is 9.86. The number of hydrogen-bond donors (Lipinski definition) is 2. The Labute approximate surface area is 145 Å². The van der Waals surface area contributed by atoms with Crippen molar-refractivity contribution in [2.24, 2.45) is 16.6 Å². The average molecular weight is 408 g/mol.